The first-order valence-electron chi connectivity index (χ1n) is 4.68. The molecule has 0 saturated carbocycles. The van der Waals surface area contributed by atoms with E-state index in [0.29, 0.717) is 12.2 Å². The second-order valence-electron chi connectivity index (χ2n) is 3.38. The highest BCUT2D eigenvalue weighted by molar-refractivity contribution is 7.81. The van der Waals surface area contributed by atoms with Gasteiger partial charge in [0.25, 0.3) is 0 Å². The molecule has 0 radical (unpaired) electrons. The molecule has 1 aromatic carbocycles. The van der Waals surface area contributed by atoms with E-state index in [1.165, 1.54) is 12.1 Å². The summed E-state index contributed by atoms with van der Waals surface area (Å²) in [5.41, 5.74) is 2.37. The minimum Gasteiger partial charge on any atom is -0.358 e. The second kappa shape index (κ2) is 5.43. The molecule has 0 N–H and O–H groups in total. The Labute approximate surface area is 106 Å². The van der Waals surface area contributed by atoms with Crippen LogP contribution in [0.2, 0.25) is 0 Å². The van der Waals surface area contributed by atoms with Crippen molar-refractivity contribution >= 4 is 23.1 Å². The topological polar surface area (TPSA) is 43.4 Å². The minimum atomic E-state index is -5.02. The predicted molar refractivity (Wildman–Crippen MR) is 67.1 cm³/mol. The van der Waals surface area contributed by atoms with Crippen molar-refractivity contribution in [3.05, 3.63) is 28.8 Å². The molecule has 0 atom stereocenters. The third kappa shape index (κ3) is 3.95. The Bertz CT molecular complexity index is 559. The number of halogens is 1. The zero-order chi connectivity index (χ0) is 13.1. The zero-order valence-electron chi connectivity index (χ0n) is 9.10. The molecule has 0 fully saturated rings. The molecule has 0 aliphatic carbocycles. The SMILES string of the molecule is C#CCc1cc(OS(=O)(=O)F)cc(CS)c1C. The quantitative estimate of drug-likeness (QED) is 0.520. The minimum absolute atomic E-state index is 0.0904. The van der Waals surface area contributed by atoms with E-state index in [2.05, 4.69) is 22.7 Å². The smallest absolute Gasteiger partial charge is 0.358 e. The first kappa shape index (κ1) is 13.9. The molecule has 0 saturated heterocycles. The van der Waals surface area contributed by atoms with Gasteiger partial charge >= 0.3 is 10.5 Å². The first-order chi connectivity index (χ1) is 7.87. The fourth-order valence-electron chi connectivity index (χ4n) is 1.43. The number of benzene rings is 1. The fraction of sp³-hybridized carbons (Fsp3) is 0.273. The van der Waals surface area contributed by atoms with E-state index >= 15 is 0 Å². The van der Waals surface area contributed by atoms with Crippen molar-refractivity contribution in [3.63, 3.8) is 0 Å². The Morgan fingerprint density at radius 2 is 2.06 bits per heavy atom. The molecule has 0 bridgehead atoms. The fourth-order valence-corrected chi connectivity index (χ4v) is 2.08. The highest BCUT2D eigenvalue weighted by Crippen LogP contribution is 2.25. The Morgan fingerprint density at radius 3 is 2.53 bits per heavy atom. The Hall–Kier alpha value is -1.19. The van der Waals surface area contributed by atoms with Crippen LogP contribution < -0.4 is 4.18 Å². The first-order valence-corrected chi connectivity index (χ1v) is 6.62. The monoisotopic (exact) mass is 274 g/mol. The largest absolute Gasteiger partial charge is 0.488 e. The third-order valence-corrected chi connectivity index (χ3v) is 2.99. The molecule has 0 spiro atoms. The number of hydrogen-bond donors (Lipinski definition) is 1. The van der Waals surface area contributed by atoms with Crippen LogP contribution in [0, 0.1) is 19.3 Å². The molecule has 0 aromatic heterocycles. The maximum Gasteiger partial charge on any atom is 0.488 e. The molecule has 0 amide bonds. The van der Waals surface area contributed by atoms with Crippen LogP contribution in [-0.4, -0.2) is 8.42 Å². The van der Waals surface area contributed by atoms with E-state index in [1.54, 1.807) is 0 Å². The summed E-state index contributed by atoms with van der Waals surface area (Å²) in [6.07, 6.45) is 5.51. The normalized spacial score (nSPS) is 10.9. The van der Waals surface area contributed by atoms with Crippen LogP contribution in [0.25, 0.3) is 0 Å². The summed E-state index contributed by atoms with van der Waals surface area (Å²) in [4.78, 5) is 0. The molecule has 17 heavy (non-hydrogen) atoms. The van der Waals surface area contributed by atoms with Crippen molar-refractivity contribution < 1.29 is 16.5 Å². The van der Waals surface area contributed by atoms with Gasteiger partial charge in [0.1, 0.15) is 5.75 Å². The summed E-state index contributed by atoms with van der Waals surface area (Å²) in [5, 5.41) is 0. The van der Waals surface area contributed by atoms with E-state index in [1.807, 2.05) is 6.92 Å². The molecule has 0 aliphatic rings. The van der Waals surface area contributed by atoms with Gasteiger partial charge in [-0.15, -0.1) is 12.3 Å². The van der Waals surface area contributed by atoms with Crippen molar-refractivity contribution in [1.82, 2.24) is 0 Å². The third-order valence-electron chi connectivity index (χ3n) is 2.25. The van der Waals surface area contributed by atoms with Gasteiger partial charge in [0.15, 0.2) is 0 Å². The average Bonchev–Trinajstić information content (AvgIpc) is 2.20. The van der Waals surface area contributed by atoms with Gasteiger partial charge in [0, 0.05) is 12.2 Å². The molecule has 1 aromatic rings. The molecular formula is C11H11FO3S2. The molecule has 6 heteroatoms. The number of rotatable bonds is 4. The molecule has 0 aliphatic heterocycles. The standard InChI is InChI=1S/C11H11FO3S2/c1-3-4-9-5-11(15-17(12,13)14)6-10(7-16)8(9)2/h1,5-6,16H,4,7H2,2H3. The van der Waals surface area contributed by atoms with Gasteiger partial charge < -0.3 is 4.18 Å². The zero-order valence-corrected chi connectivity index (χ0v) is 10.8. The summed E-state index contributed by atoms with van der Waals surface area (Å²) >= 11 is 4.10. The molecular weight excluding hydrogens is 263 g/mol. The van der Waals surface area contributed by atoms with E-state index in [4.69, 9.17) is 6.42 Å². The van der Waals surface area contributed by atoms with Crippen molar-refractivity contribution in [2.45, 2.75) is 19.1 Å². The summed E-state index contributed by atoms with van der Waals surface area (Å²) in [6.45, 7) is 1.84. The molecule has 0 unspecified atom stereocenters. The second-order valence-corrected chi connectivity index (χ2v) is 4.65. The van der Waals surface area contributed by atoms with Gasteiger partial charge in [-0.05, 0) is 35.7 Å². The lowest BCUT2D eigenvalue weighted by Crippen LogP contribution is -2.03. The molecule has 1 rings (SSSR count). The van der Waals surface area contributed by atoms with Gasteiger partial charge in [0.2, 0.25) is 0 Å². The Morgan fingerprint density at radius 1 is 1.47 bits per heavy atom. The van der Waals surface area contributed by atoms with Crippen molar-refractivity contribution in [2.24, 2.45) is 0 Å². The van der Waals surface area contributed by atoms with Crippen molar-refractivity contribution in [2.75, 3.05) is 0 Å². The number of hydrogen-bond acceptors (Lipinski definition) is 4. The maximum absolute atomic E-state index is 12.4. The van der Waals surface area contributed by atoms with E-state index in [9.17, 15) is 12.3 Å². The van der Waals surface area contributed by atoms with Gasteiger partial charge in [-0.1, -0.05) is 3.89 Å². The summed E-state index contributed by atoms with van der Waals surface area (Å²) < 4.78 is 37.4. The van der Waals surface area contributed by atoms with Crippen LogP contribution in [0.5, 0.6) is 5.75 Å². The number of thiol groups is 1. The van der Waals surface area contributed by atoms with Gasteiger partial charge in [0.05, 0.1) is 0 Å². The van der Waals surface area contributed by atoms with Crippen molar-refractivity contribution in [1.29, 1.82) is 0 Å². The van der Waals surface area contributed by atoms with Gasteiger partial charge in [-0.3, -0.25) is 0 Å². The van der Waals surface area contributed by atoms with Crippen LogP contribution in [0.3, 0.4) is 0 Å². The van der Waals surface area contributed by atoms with Crippen LogP contribution in [0.1, 0.15) is 16.7 Å². The van der Waals surface area contributed by atoms with E-state index in [0.717, 1.165) is 16.7 Å². The highest BCUT2D eigenvalue weighted by atomic mass is 32.3. The molecule has 3 nitrogen and oxygen atoms in total. The lowest BCUT2D eigenvalue weighted by molar-refractivity contribution is 0.440. The van der Waals surface area contributed by atoms with Crippen LogP contribution in [-0.2, 0) is 22.7 Å². The summed E-state index contributed by atoms with van der Waals surface area (Å²) in [6, 6.07) is 2.85. The maximum atomic E-state index is 12.4. The van der Waals surface area contributed by atoms with Crippen LogP contribution in [0.4, 0.5) is 3.89 Å². The van der Waals surface area contributed by atoms with E-state index in [-0.39, 0.29) is 5.75 Å². The van der Waals surface area contributed by atoms with Gasteiger partial charge in [-0.25, -0.2) is 0 Å². The van der Waals surface area contributed by atoms with Crippen LogP contribution >= 0.6 is 12.6 Å². The Balaban J connectivity index is 3.25. The number of terminal acetylenes is 1. The molecule has 92 valence electrons. The van der Waals surface area contributed by atoms with Crippen molar-refractivity contribution in [3.8, 4) is 18.1 Å². The summed E-state index contributed by atoms with van der Waals surface area (Å²) in [5.74, 6) is 2.73. The lowest BCUT2D eigenvalue weighted by Gasteiger charge is -2.10. The van der Waals surface area contributed by atoms with Gasteiger partial charge in [-0.2, -0.15) is 21.0 Å². The van der Waals surface area contributed by atoms with E-state index < -0.39 is 10.5 Å². The Kier molecular flexibility index (Phi) is 4.43. The van der Waals surface area contributed by atoms with Crippen LogP contribution in [0.15, 0.2) is 12.1 Å². The lowest BCUT2D eigenvalue weighted by atomic mass is 10.0. The average molecular weight is 274 g/mol. The summed E-state index contributed by atoms with van der Waals surface area (Å²) in [7, 11) is -5.02. The highest BCUT2D eigenvalue weighted by Gasteiger charge is 2.13. The predicted octanol–water partition coefficient (Wildman–Crippen LogP) is 2.19. The molecule has 0 heterocycles.